The largest absolute Gasteiger partial charge is 0.573 e. The number of ether oxygens (including phenoxy) is 3. The Balaban J connectivity index is 1.90. The van der Waals surface area contributed by atoms with Gasteiger partial charge < -0.3 is 24.4 Å². The predicted octanol–water partition coefficient (Wildman–Crippen LogP) is 6.84. The highest BCUT2D eigenvalue weighted by Gasteiger charge is 2.34. The summed E-state index contributed by atoms with van der Waals surface area (Å²) in [6.45, 7) is 5.73. The van der Waals surface area contributed by atoms with Gasteiger partial charge in [-0.15, -0.1) is 18.3 Å². The molecule has 3 rings (SSSR count). The van der Waals surface area contributed by atoms with E-state index in [-0.39, 0.29) is 30.1 Å². The molecule has 43 heavy (non-hydrogen) atoms. The van der Waals surface area contributed by atoms with Crippen LogP contribution in [0.1, 0.15) is 25.0 Å². The van der Waals surface area contributed by atoms with Crippen molar-refractivity contribution in [2.75, 3.05) is 49.7 Å². The maximum Gasteiger partial charge on any atom is 0.573 e. The summed E-state index contributed by atoms with van der Waals surface area (Å²) in [4.78, 5) is 14.4. The highest BCUT2D eigenvalue weighted by atomic mass is 19.4. The Hall–Kier alpha value is -4.12. The third-order valence-corrected chi connectivity index (χ3v) is 5.41. The van der Waals surface area contributed by atoms with Crippen molar-refractivity contribution in [2.45, 2.75) is 32.9 Å². The molecule has 0 spiro atoms. The summed E-state index contributed by atoms with van der Waals surface area (Å²) in [6, 6.07) is 7.29. The van der Waals surface area contributed by atoms with Crippen molar-refractivity contribution in [3.05, 3.63) is 59.4 Å². The quantitative estimate of drug-likeness (QED) is 0.112. The number of nitrogens with zero attached hydrogens (tertiary/aromatic N) is 6. The van der Waals surface area contributed by atoms with E-state index in [2.05, 4.69) is 35.2 Å². The molecule has 0 fully saturated rings. The molecule has 1 N–H and O–H groups in total. The summed E-state index contributed by atoms with van der Waals surface area (Å²) in [5, 5.41) is 10.6. The number of alkyl halides is 6. The predicted molar refractivity (Wildman–Crippen MR) is 141 cm³/mol. The van der Waals surface area contributed by atoms with E-state index in [0.717, 1.165) is 18.2 Å². The average molecular weight is 620 g/mol. The van der Waals surface area contributed by atoms with E-state index in [0.29, 0.717) is 57.2 Å². The van der Waals surface area contributed by atoms with Crippen LogP contribution in [0.4, 0.5) is 54.3 Å². The molecular weight excluding hydrogens is 591 g/mol. The summed E-state index contributed by atoms with van der Waals surface area (Å²) in [5.74, 6) is -2.19. The highest BCUT2D eigenvalue weighted by Crippen LogP contribution is 2.33. The van der Waals surface area contributed by atoms with E-state index in [9.17, 15) is 30.7 Å². The van der Waals surface area contributed by atoms with E-state index in [1.165, 1.54) is 12.1 Å². The molecule has 0 aliphatic rings. The first kappa shape index (κ1) is 33.4. The standard InChI is InChI=1S/C26H28F7N7O3/c1-3-41-13-11-40(12-14-42-4-2)24-37-22(35-18-7-10-21(27)20(15-18)25(28,29)30)36-23(38-24)39-34-16-17-5-8-19(9-6-17)43-26(31,32)33/h5-10,15H,3-4,11-14,16H2,1-2H3,(H,35,36,37,38). The Bertz CT molecular complexity index is 1330. The van der Waals surface area contributed by atoms with Crippen LogP contribution in [0.3, 0.4) is 0 Å². The van der Waals surface area contributed by atoms with Gasteiger partial charge in [-0.2, -0.15) is 33.2 Å². The fraction of sp³-hybridized carbons (Fsp3) is 0.423. The summed E-state index contributed by atoms with van der Waals surface area (Å²) >= 11 is 0. The van der Waals surface area contributed by atoms with E-state index < -0.39 is 29.7 Å². The van der Waals surface area contributed by atoms with Crippen molar-refractivity contribution in [2.24, 2.45) is 10.2 Å². The molecule has 0 saturated carbocycles. The summed E-state index contributed by atoms with van der Waals surface area (Å²) in [5.41, 5.74) is -1.13. The number of azo groups is 1. The fourth-order valence-electron chi connectivity index (χ4n) is 3.47. The SMILES string of the molecule is CCOCCN(CCOCC)c1nc(N=NCc2ccc(OC(F)(F)F)cc2)nc(Nc2ccc(F)c(C(F)(F)F)c2)n1. The first-order valence-corrected chi connectivity index (χ1v) is 12.9. The number of nitrogens with one attached hydrogen (secondary N) is 1. The van der Waals surface area contributed by atoms with Gasteiger partial charge in [0.25, 0.3) is 5.95 Å². The molecule has 0 atom stereocenters. The van der Waals surface area contributed by atoms with Gasteiger partial charge in [-0.05, 0) is 49.7 Å². The van der Waals surface area contributed by atoms with Gasteiger partial charge in [0.15, 0.2) is 0 Å². The maximum absolute atomic E-state index is 13.8. The lowest BCUT2D eigenvalue weighted by molar-refractivity contribution is -0.274. The van der Waals surface area contributed by atoms with Crippen molar-refractivity contribution >= 4 is 23.5 Å². The van der Waals surface area contributed by atoms with Crippen molar-refractivity contribution in [1.82, 2.24) is 15.0 Å². The second-order valence-electron chi connectivity index (χ2n) is 8.55. The Morgan fingerprint density at radius 1 is 0.860 bits per heavy atom. The molecule has 1 heterocycles. The zero-order chi connectivity index (χ0) is 31.5. The maximum atomic E-state index is 13.8. The zero-order valence-corrected chi connectivity index (χ0v) is 23.0. The summed E-state index contributed by atoms with van der Waals surface area (Å²) in [6.07, 6.45) is -9.76. The van der Waals surface area contributed by atoms with Gasteiger partial charge in [0.2, 0.25) is 11.9 Å². The van der Waals surface area contributed by atoms with Gasteiger partial charge in [0, 0.05) is 32.0 Å². The van der Waals surface area contributed by atoms with Crippen LogP contribution in [0.15, 0.2) is 52.7 Å². The van der Waals surface area contributed by atoms with Gasteiger partial charge in [0.05, 0.1) is 25.3 Å². The van der Waals surface area contributed by atoms with E-state index in [4.69, 9.17) is 9.47 Å². The molecule has 2 aromatic carbocycles. The lowest BCUT2D eigenvalue weighted by Gasteiger charge is -2.23. The topological polar surface area (TPSA) is 106 Å². The molecule has 0 radical (unpaired) electrons. The first-order chi connectivity index (χ1) is 20.4. The van der Waals surface area contributed by atoms with Crippen LogP contribution in [-0.4, -0.2) is 60.8 Å². The number of rotatable bonds is 15. The Morgan fingerprint density at radius 3 is 2.09 bits per heavy atom. The highest BCUT2D eigenvalue weighted by molar-refractivity contribution is 5.57. The van der Waals surface area contributed by atoms with Crippen LogP contribution in [0.2, 0.25) is 0 Å². The van der Waals surface area contributed by atoms with Crippen molar-refractivity contribution in [3.63, 3.8) is 0 Å². The zero-order valence-electron chi connectivity index (χ0n) is 23.0. The van der Waals surface area contributed by atoms with Crippen LogP contribution in [0, 0.1) is 5.82 Å². The number of anilines is 3. The van der Waals surface area contributed by atoms with Crippen molar-refractivity contribution in [3.8, 4) is 5.75 Å². The van der Waals surface area contributed by atoms with Crippen LogP contribution in [0.5, 0.6) is 5.75 Å². The lowest BCUT2D eigenvalue weighted by atomic mass is 10.2. The first-order valence-electron chi connectivity index (χ1n) is 12.9. The molecule has 0 unspecified atom stereocenters. The minimum absolute atomic E-state index is 0.0681. The van der Waals surface area contributed by atoms with Gasteiger partial charge in [-0.1, -0.05) is 12.1 Å². The molecule has 234 valence electrons. The number of halogens is 7. The molecule has 3 aromatic rings. The van der Waals surface area contributed by atoms with Gasteiger partial charge in [-0.3, -0.25) is 0 Å². The van der Waals surface area contributed by atoms with Gasteiger partial charge >= 0.3 is 12.5 Å². The molecular formula is C26H28F7N7O3. The second kappa shape index (κ2) is 15.4. The monoisotopic (exact) mass is 619 g/mol. The molecule has 0 bridgehead atoms. The van der Waals surface area contributed by atoms with Gasteiger partial charge in [0.1, 0.15) is 11.6 Å². The second-order valence-corrected chi connectivity index (χ2v) is 8.55. The molecule has 10 nitrogen and oxygen atoms in total. The average Bonchev–Trinajstić information content (AvgIpc) is 2.93. The van der Waals surface area contributed by atoms with Crippen LogP contribution >= 0.6 is 0 Å². The molecule has 1 aromatic heterocycles. The Morgan fingerprint density at radius 2 is 1.51 bits per heavy atom. The van der Waals surface area contributed by atoms with E-state index >= 15 is 0 Å². The molecule has 17 heteroatoms. The van der Waals surface area contributed by atoms with Crippen LogP contribution < -0.4 is 15.0 Å². The molecule has 0 aliphatic heterocycles. The van der Waals surface area contributed by atoms with E-state index in [1.54, 1.807) is 4.90 Å². The third-order valence-electron chi connectivity index (χ3n) is 5.41. The molecule has 0 aliphatic carbocycles. The number of aromatic nitrogens is 3. The van der Waals surface area contributed by atoms with Crippen LogP contribution in [0.25, 0.3) is 0 Å². The molecule has 0 saturated heterocycles. The minimum Gasteiger partial charge on any atom is -0.406 e. The Labute approximate surface area is 241 Å². The van der Waals surface area contributed by atoms with Gasteiger partial charge in [-0.25, -0.2) is 4.39 Å². The molecule has 0 amide bonds. The Kier molecular flexibility index (Phi) is 11.9. The number of benzene rings is 2. The third kappa shape index (κ3) is 11.2. The number of hydrogen-bond donors (Lipinski definition) is 1. The van der Waals surface area contributed by atoms with Crippen molar-refractivity contribution in [1.29, 1.82) is 0 Å². The summed E-state index contributed by atoms with van der Waals surface area (Å²) < 4.78 is 105. The fourth-order valence-corrected chi connectivity index (χ4v) is 3.47. The summed E-state index contributed by atoms with van der Waals surface area (Å²) in [7, 11) is 0. The normalized spacial score (nSPS) is 12.1. The van der Waals surface area contributed by atoms with E-state index in [1.807, 2.05) is 13.8 Å². The van der Waals surface area contributed by atoms with Crippen LogP contribution in [-0.2, 0) is 22.2 Å². The lowest BCUT2D eigenvalue weighted by Crippen LogP contribution is -2.32. The minimum atomic E-state index is -4.93. The smallest absolute Gasteiger partial charge is 0.406 e. The number of hydrogen-bond acceptors (Lipinski definition) is 10. The van der Waals surface area contributed by atoms with Crippen molar-refractivity contribution < 1.29 is 44.9 Å².